The molecule has 0 aromatic heterocycles. The van der Waals surface area contributed by atoms with Crippen LogP contribution in [0.1, 0.15) is 41.0 Å². The van der Waals surface area contributed by atoms with Crippen molar-refractivity contribution in [2.75, 3.05) is 6.54 Å². The molecule has 0 aliphatic heterocycles. The van der Waals surface area contributed by atoms with E-state index in [1.165, 1.54) is 5.70 Å². The van der Waals surface area contributed by atoms with E-state index in [1.54, 1.807) is 0 Å². The van der Waals surface area contributed by atoms with Crippen molar-refractivity contribution in [3.63, 3.8) is 0 Å². The van der Waals surface area contributed by atoms with Crippen LogP contribution in [0.15, 0.2) is 11.8 Å². The lowest BCUT2D eigenvalue weighted by molar-refractivity contribution is 0.579. The van der Waals surface area contributed by atoms with Gasteiger partial charge in [-0.25, -0.2) is 0 Å². The number of thiocarbonyl (C=S) groups is 1. The maximum absolute atomic E-state index is 5.09. The van der Waals surface area contributed by atoms with Crippen molar-refractivity contribution in [2.24, 2.45) is 11.8 Å². The van der Waals surface area contributed by atoms with Crippen LogP contribution in [0.25, 0.3) is 0 Å². The maximum atomic E-state index is 5.09. The van der Waals surface area contributed by atoms with Crippen LogP contribution in [0.4, 0.5) is 0 Å². The van der Waals surface area contributed by atoms with Crippen LogP contribution in [0.2, 0.25) is 0 Å². The lowest BCUT2D eigenvalue weighted by Gasteiger charge is -2.17. The SMILES string of the molecule is CCNC(=S)NN/C(=C/C(C)C)CC(C)C. The molecule has 0 saturated carbocycles. The average molecular weight is 243 g/mol. The zero-order valence-corrected chi connectivity index (χ0v) is 11.9. The highest BCUT2D eigenvalue weighted by molar-refractivity contribution is 7.80. The highest BCUT2D eigenvalue weighted by Gasteiger charge is 2.02. The van der Waals surface area contributed by atoms with Gasteiger partial charge in [0.1, 0.15) is 0 Å². The van der Waals surface area contributed by atoms with E-state index < -0.39 is 0 Å². The highest BCUT2D eigenvalue weighted by Crippen LogP contribution is 2.10. The Morgan fingerprint density at radius 2 is 1.81 bits per heavy atom. The fraction of sp³-hybridized carbons (Fsp3) is 0.750. The summed E-state index contributed by atoms with van der Waals surface area (Å²) < 4.78 is 0. The molecular weight excluding hydrogens is 218 g/mol. The predicted molar refractivity (Wildman–Crippen MR) is 74.9 cm³/mol. The molecule has 0 aromatic carbocycles. The predicted octanol–water partition coefficient (Wildman–Crippen LogP) is 2.56. The summed E-state index contributed by atoms with van der Waals surface area (Å²) >= 11 is 5.09. The lowest BCUT2D eigenvalue weighted by atomic mass is 10.1. The number of rotatable bonds is 6. The van der Waals surface area contributed by atoms with Crippen LogP contribution in [-0.2, 0) is 0 Å². The van der Waals surface area contributed by atoms with Gasteiger partial charge < -0.3 is 10.7 Å². The average Bonchev–Trinajstić information content (AvgIpc) is 2.13. The summed E-state index contributed by atoms with van der Waals surface area (Å²) in [6.45, 7) is 11.6. The topological polar surface area (TPSA) is 36.1 Å². The first kappa shape index (κ1) is 15.2. The van der Waals surface area contributed by atoms with Crippen molar-refractivity contribution in [3.05, 3.63) is 11.8 Å². The van der Waals surface area contributed by atoms with Crippen LogP contribution in [0.3, 0.4) is 0 Å². The molecule has 0 radical (unpaired) electrons. The van der Waals surface area contributed by atoms with Gasteiger partial charge in [0.2, 0.25) is 0 Å². The number of hydrogen-bond donors (Lipinski definition) is 3. The molecule has 0 spiro atoms. The largest absolute Gasteiger partial charge is 0.362 e. The smallest absolute Gasteiger partial charge is 0.185 e. The second-order valence-electron chi connectivity index (χ2n) is 4.64. The van der Waals surface area contributed by atoms with E-state index >= 15 is 0 Å². The Morgan fingerprint density at radius 1 is 1.19 bits per heavy atom. The minimum atomic E-state index is 0.538. The van der Waals surface area contributed by atoms with Crippen molar-refractivity contribution in [1.82, 2.24) is 16.2 Å². The van der Waals surface area contributed by atoms with Gasteiger partial charge in [-0.05, 0) is 37.4 Å². The molecular formula is C12H25N3S. The Bertz CT molecular complexity index is 234. The summed E-state index contributed by atoms with van der Waals surface area (Å²) in [6, 6.07) is 0. The van der Waals surface area contributed by atoms with E-state index in [4.69, 9.17) is 12.2 Å². The second-order valence-corrected chi connectivity index (χ2v) is 5.05. The van der Waals surface area contributed by atoms with Crippen LogP contribution in [0.5, 0.6) is 0 Å². The van der Waals surface area contributed by atoms with Crippen LogP contribution in [0, 0.1) is 11.8 Å². The van der Waals surface area contributed by atoms with E-state index in [0.717, 1.165) is 13.0 Å². The van der Waals surface area contributed by atoms with Crippen molar-refractivity contribution >= 4 is 17.3 Å². The molecule has 94 valence electrons. The first-order valence-corrected chi connectivity index (χ1v) is 6.37. The fourth-order valence-electron chi connectivity index (χ4n) is 1.34. The molecule has 0 aromatic rings. The number of allylic oxidation sites excluding steroid dienone is 2. The van der Waals surface area contributed by atoms with Crippen molar-refractivity contribution in [2.45, 2.75) is 41.0 Å². The lowest BCUT2D eigenvalue weighted by Crippen LogP contribution is -2.43. The van der Waals surface area contributed by atoms with Gasteiger partial charge in [-0.3, -0.25) is 5.43 Å². The van der Waals surface area contributed by atoms with Gasteiger partial charge in [0.05, 0.1) is 0 Å². The van der Waals surface area contributed by atoms with E-state index in [9.17, 15) is 0 Å². The van der Waals surface area contributed by atoms with Gasteiger partial charge in [-0.15, -0.1) is 0 Å². The summed E-state index contributed by atoms with van der Waals surface area (Å²) in [6.07, 6.45) is 3.25. The molecule has 0 unspecified atom stereocenters. The fourth-order valence-corrected chi connectivity index (χ4v) is 1.54. The quantitative estimate of drug-likeness (QED) is 0.495. The van der Waals surface area contributed by atoms with Gasteiger partial charge in [0.25, 0.3) is 0 Å². The minimum absolute atomic E-state index is 0.538. The third-order valence-electron chi connectivity index (χ3n) is 1.84. The molecule has 3 N–H and O–H groups in total. The minimum Gasteiger partial charge on any atom is -0.362 e. The zero-order valence-electron chi connectivity index (χ0n) is 11.1. The highest BCUT2D eigenvalue weighted by atomic mass is 32.1. The van der Waals surface area contributed by atoms with E-state index in [-0.39, 0.29) is 0 Å². The van der Waals surface area contributed by atoms with E-state index in [2.05, 4.69) is 49.9 Å². The molecule has 4 heteroatoms. The third kappa shape index (κ3) is 8.53. The Labute approximate surface area is 105 Å². The third-order valence-corrected chi connectivity index (χ3v) is 2.08. The van der Waals surface area contributed by atoms with Crippen molar-refractivity contribution in [3.8, 4) is 0 Å². The van der Waals surface area contributed by atoms with Gasteiger partial charge in [-0.2, -0.15) is 0 Å². The Hall–Kier alpha value is -0.770. The monoisotopic (exact) mass is 243 g/mol. The summed E-state index contributed by atoms with van der Waals surface area (Å²) in [4.78, 5) is 0. The molecule has 3 nitrogen and oxygen atoms in total. The van der Waals surface area contributed by atoms with Gasteiger partial charge in [0.15, 0.2) is 5.11 Å². The second kappa shape index (κ2) is 8.39. The molecule has 0 bridgehead atoms. The number of nitrogens with one attached hydrogen (secondary N) is 3. The maximum Gasteiger partial charge on any atom is 0.185 e. The summed E-state index contributed by atoms with van der Waals surface area (Å²) in [5.74, 6) is 1.17. The molecule has 0 heterocycles. The Morgan fingerprint density at radius 3 is 2.25 bits per heavy atom. The Kier molecular flexibility index (Phi) is 7.99. The molecule has 0 aliphatic rings. The first-order chi connectivity index (χ1) is 7.45. The molecule has 0 fully saturated rings. The van der Waals surface area contributed by atoms with Crippen LogP contribution >= 0.6 is 12.2 Å². The van der Waals surface area contributed by atoms with E-state index in [1.807, 2.05) is 6.92 Å². The Balaban J connectivity index is 4.17. The molecule has 0 aliphatic carbocycles. The summed E-state index contributed by atoms with van der Waals surface area (Å²) in [5.41, 5.74) is 7.37. The van der Waals surface area contributed by atoms with Gasteiger partial charge in [0, 0.05) is 12.2 Å². The summed E-state index contributed by atoms with van der Waals surface area (Å²) in [7, 11) is 0. The van der Waals surface area contributed by atoms with Gasteiger partial charge >= 0.3 is 0 Å². The molecule has 0 atom stereocenters. The van der Waals surface area contributed by atoms with Crippen molar-refractivity contribution < 1.29 is 0 Å². The van der Waals surface area contributed by atoms with Crippen molar-refractivity contribution in [1.29, 1.82) is 0 Å². The van der Waals surface area contributed by atoms with Crippen LogP contribution in [-0.4, -0.2) is 11.7 Å². The molecule has 0 amide bonds. The first-order valence-electron chi connectivity index (χ1n) is 5.96. The normalized spacial score (nSPS) is 11.8. The van der Waals surface area contributed by atoms with E-state index in [0.29, 0.717) is 16.9 Å². The zero-order chi connectivity index (χ0) is 12.6. The molecule has 0 rings (SSSR count). The summed E-state index contributed by atoms with van der Waals surface area (Å²) in [5, 5.41) is 3.68. The van der Waals surface area contributed by atoms with Gasteiger partial charge in [-0.1, -0.05) is 33.8 Å². The van der Waals surface area contributed by atoms with Crippen LogP contribution < -0.4 is 16.2 Å². The molecule has 16 heavy (non-hydrogen) atoms. The number of hydrazine groups is 1. The standard InChI is InChI=1S/C12H25N3S/c1-6-13-12(16)15-14-11(7-9(2)3)8-10(4)5/h7,9-10,14H,6,8H2,1-5H3,(H2,13,15,16)/b11-7+. The number of hydrogen-bond acceptors (Lipinski definition) is 2. The molecule has 0 saturated heterocycles.